The summed E-state index contributed by atoms with van der Waals surface area (Å²) in [5.74, 6) is 2.76. The lowest BCUT2D eigenvalue weighted by Crippen LogP contribution is -2.58. The summed E-state index contributed by atoms with van der Waals surface area (Å²) in [7, 11) is 0. The zero-order chi connectivity index (χ0) is 28.0. The quantitative estimate of drug-likeness (QED) is 0.274. The molecule has 6 bridgehead atoms. The molecule has 0 aromatic carbocycles. The Morgan fingerprint density at radius 1 is 0.872 bits per heavy atom. The van der Waals surface area contributed by atoms with Crippen molar-refractivity contribution >= 4 is 23.9 Å². The molecule has 7 nitrogen and oxygen atoms in total. The first-order valence-electron chi connectivity index (χ1n) is 15.5. The van der Waals surface area contributed by atoms with Crippen LogP contribution in [0, 0.1) is 76.4 Å². The van der Waals surface area contributed by atoms with Gasteiger partial charge < -0.3 is 14.2 Å². The summed E-state index contributed by atoms with van der Waals surface area (Å²) >= 11 is 0. The second-order valence-corrected chi connectivity index (χ2v) is 15.0. The minimum Gasteiger partial charge on any atom is -0.465 e. The third-order valence-corrected chi connectivity index (χ3v) is 12.8. The minimum atomic E-state index is -0.416. The Hall–Kier alpha value is -1.92. The van der Waals surface area contributed by atoms with E-state index in [9.17, 15) is 19.2 Å². The summed E-state index contributed by atoms with van der Waals surface area (Å²) in [6, 6.07) is 0. The molecule has 7 heteroatoms. The summed E-state index contributed by atoms with van der Waals surface area (Å²) < 4.78 is 16.1. The van der Waals surface area contributed by atoms with Crippen LogP contribution in [0.2, 0.25) is 0 Å². The van der Waals surface area contributed by atoms with Crippen LogP contribution in [-0.4, -0.2) is 36.1 Å². The fourth-order valence-corrected chi connectivity index (χ4v) is 10.2. The molecule has 2 heterocycles. The smallest absolute Gasteiger partial charge is 0.317 e. The summed E-state index contributed by atoms with van der Waals surface area (Å²) in [6.07, 6.45) is 8.46. The second kappa shape index (κ2) is 9.30. The number of esters is 4. The lowest BCUT2D eigenvalue weighted by molar-refractivity contribution is -0.211. The van der Waals surface area contributed by atoms with E-state index >= 15 is 0 Å². The molecule has 216 valence electrons. The van der Waals surface area contributed by atoms with Crippen molar-refractivity contribution < 1.29 is 33.4 Å². The van der Waals surface area contributed by atoms with Gasteiger partial charge in [0.25, 0.3) is 0 Å². The van der Waals surface area contributed by atoms with Crippen molar-refractivity contribution in [2.24, 2.45) is 76.4 Å². The van der Waals surface area contributed by atoms with E-state index in [1.54, 1.807) is 6.92 Å². The van der Waals surface area contributed by atoms with Crippen LogP contribution in [0.3, 0.4) is 0 Å². The van der Waals surface area contributed by atoms with Crippen molar-refractivity contribution in [3.63, 3.8) is 0 Å². The lowest BCUT2D eigenvalue weighted by atomic mass is 9.50. The molecule has 2 saturated heterocycles. The lowest BCUT2D eigenvalue weighted by Gasteiger charge is -2.59. The summed E-state index contributed by atoms with van der Waals surface area (Å²) in [5, 5.41) is 0. The Morgan fingerprint density at radius 2 is 1.49 bits per heavy atom. The monoisotopic (exact) mass is 542 g/mol. The van der Waals surface area contributed by atoms with Crippen LogP contribution in [0.15, 0.2) is 0 Å². The van der Waals surface area contributed by atoms with Gasteiger partial charge in [-0.1, -0.05) is 20.8 Å². The van der Waals surface area contributed by atoms with E-state index < -0.39 is 11.9 Å². The summed E-state index contributed by atoms with van der Waals surface area (Å²) in [5.41, 5.74) is -0.505. The topological polar surface area (TPSA) is 96.0 Å². The normalized spacial score (nSPS) is 48.9. The van der Waals surface area contributed by atoms with Gasteiger partial charge >= 0.3 is 23.9 Å². The minimum absolute atomic E-state index is 0.0185. The van der Waals surface area contributed by atoms with E-state index in [2.05, 4.69) is 20.8 Å². The fourth-order valence-electron chi connectivity index (χ4n) is 10.2. The third-order valence-electron chi connectivity index (χ3n) is 12.8. The van der Waals surface area contributed by atoms with Crippen LogP contribution < -0.4 is 0 Å². The van der Waals surface area contributed by atoms with Gasteiger partial charge in [0.15, 0.2) is 0 Å². The Labute approximate surface area is 232 Å². The number of cyclic esters (lactones) is 3. The standard InChI is InChI=1S/C17H28O2.C15H18O5/c1-5-16(2,3)15(18)19-17(4)13-7-11-6-12(9-13)10-14(17)8-11;1-5-7-3-8(12-9(7)4-19-14(12)17)10(5)11-6(2)13(16)20-15(11)18/h11-14H,5-10H2,1-4H3;5-12H,3-4H2,1-2H3. The molecule has 0 aromatic rings. The summed E-state index contributed by atoms with van der Waals surface area (Å²) in [6.45, 7) is 12.8. The number of carbonyl (C=O) groups is 4. The zero-order valence-electron chi connectivity index (χ0n) is 24.4. The van der Waals surface area contributed by atoms with Gasteiger partial charge in [-0.2, -0.15) is 0 Å². The van der Waals surface area contributed by atoms with Gasteiger partial charge in [-0.05, 0) is 113 Å². The van der Waals surface area contributed by atoms with Crippen molar-refractivity contribution in [3.05, 3.63) is 0 Å². The number of carbonyl (C=O) groups excluding carboxylic acids is 4. The molecule has 8 atom stereocenters. The van der Waals surface area contributed by atoms with Crippen molar-refractivity contribution in [2.45, 2.75) is 92.1 Å². The summed E-state index contributed by atoms with van der Waals surface area (Å²) in [4.78, 5) is 48.0. The molecule has 8 aliphatic rings. The van der Waals surface area contributed by atoms with Gasteiger partial charge in [0.2, 0.25) is 0 Å². The molecule has 0 amide bonds. The molecule has 6 aliphatic carbocycles. The number of ether oxygens (including phenoxy) is 3. The SMILES string of the molecule is CC1C(=O)OC(=O)C1C1C(C)C2CC1C1C(=O)OCC21.CCC(C)(C)C(=O)OC1(C)C2CC3CC(C2)CC1C3. The molecule has 2 aliphatic heterocycles. The van der Waals surface area contributed by atoms with Gasteiger partial charge in [-0.15, -0.1) is 0 Å². The van der Waals surface area contributed by atoms with Gasteiger partial charge in [0, 0.05) is 5.92 Å². The molecule has 8 fully saturated rings. The molecular weight excluding hydrogens is 496 g/mol. The largest absolute Gasteiger partial charge is 0.465 e. The average Bonchev–Trinajstić information content (AvgIpc) is 3.60. The highest BCUT2D eigenvalue weighted by Gasteiger charge is 2.66. The first kappa shape index (κ1) is 27.3. The van der Waals surface area contributed by atoms with Crippen molar-refractivity contribution in [3.8, 4) is 0 Å². The van der Waals surface area contributed by atoms with Crippen molar-refractivity contribution in [1.82, 2.24) is 0 Å². The Morgan fingerprint density at radius 3 is 2.03 bits per heavy atom. The number of rotatable bonds is 4. The first-order valence-corrected chi connectivity index (χ1v) is 15.5. The number of hydrogen-bond acceptors (Lipinski definition) is 7. The third kappa shape index (κ3) is 4.10. The van der Waals surface area contributed by atoms with Gasteiger partial charge in [0.05, 0.1) is 29.8 Å². The molecule has 0 radical (unpaired) electrons. The molecule has 8 unspecified atom stereocenters. The number of fused-ring (bicyclic) bond motifs is 5. The van der Waals surface area contributed by atoms with E-state index in [1.165, 1.54) is 32.1 Å². The maximum atomic E-state index is 12.5. The zero-order valence-corrected chi connectivity index (χ0v) is 24.4. The molecule has 6 saturated carbocycles. The predicted octanol–water partition coefficient (Wildman–Crippen LogP) is 5.19. The highest BCUT2D eigenvalue weighted by atomic mass is 16.6. The first-order chi connectivity index (χ1) is 18.4. The van der Waals surface area contributed by atoms with Gasteiger partial charge in [0.1, 0.15) is 5.60 Å². The van der Waals surface area contributed by atoms with Crippen LogP contribution in [0.25, 0.3) is 0 Å². The highest BCUT2D eigenvalue weighted by Crippen LogP contribution is 2.63. The Balaban J connectivity index is 0.000000142. The molecule has 0 N–H and O–H groups in total. The average molecular weight is 543 g/mol. The maximum absolute atomic E-state index is 12.5. The second-order valence-electron chi connectivity index (χ2n) is 15.0. The number of hydrogen-bond donors (Lipinski definition) is 0. The van der Waals surface area contributed by atoms with Crippen LogP contribution in [0.4, 0.5) is 0 Å². The molecular formula is C32H46O7. The van der Waals surface area contributed by atoms with Crippen LogP contribution in [0.1, 0.15) is 86.5 Å². The van der Waals surface area contributed by atoms with E-state index in [-0.39, 0.29) is 52.5 Å². The van der Waals surface area contributed by atoms with Crippen LogP contribution >= 0.6 is 0 Å². The van der Waals surface area contributed by atoms with E-state index in [1.807, 2.05) is 13.8 Å². The molecule has 8 rings (SSSR count). The Bertz CT molecular complexity index is 1030. The van der Waals surface area contributed by atoms with E-state index in [0.29, 0.717) is 36.2 Å². The van der Waals surface area contributed by atoms with Crippen molar-refractivity contribution in [2.75, 3.05) is 6.61 Å². The molecule has 39 heavy (non-hydrogen) atoms. The van der Waals surface area contributed by atoms with E-state index in [4.69, 9.17) is 14.2 Å². The van der Waals surface area contributed by atoms with Crippen LogP contribution in [-0.2, 0) is 33.4 Å². The van der Waals surface area contributed by atoms with Gasteiger partial charge in [-0.3, -0.25) is 19.2 Å². The Kier molecular flexibility index (Phi) is 6.50. The fraction of sp³-hybridized carbons (Fsp3) is 0.875. The maximum Gasteiger partial charge on any atom is 0.317 e. The van der Waals surface area contributed by atoms with Crippen LogP contribution in [0.5, 0.6) is 0 Å². The van der Waals surface area contributed by atoms with E-state index in [0.717, 1.165) is 24.7 Å². The molecule has 0 aromatic heterocycles. The van der Waals surface area contributed by atoms with Gasteiger partial charge in [-0.25, -0.2) is 0 Å². The highest BCUT2D eigenvalue weighted by molar-refractivity contribution is 5.96. The molecule has 0 spiro atoms. The predicted molar refractivity (Wildman–Crippen MR) is 142 cm³/mol. The van der Waals surface area contributed by atoms with Crippen molar-refractivity contribution in [1.29, 1.82) is 0 Å².